The molecule has 0 unspecified atom stereocenters. The highest BCUT2D eigenvalue weighted by Crippen LogP contribution is 2.32. The van der Waals surface area contributed by atoms with Crippen LogP contribution in [0.5, 0.6) is 0 Å². The monoisotopic (exact) mass is 235 g/mol. The lowest BCUT2D eigenvalue weighted by molar-refractivity contribution is 0.629. The molecule has 2 aromatic rings. The maximum absolute atomic E-state index is 13.2. The molecule has 0 radical (unpaired) electrons. The minimum absolute atomic E-state index is 0.257. The fourth-order valence-electron chi connectivity index (χ4n) is 2.34. The molecule has 0 atom stereocenters. The fourth-order valence-corrected chi connectivity index (χ4v) is 2.69. The van der Waals surface area contributed by atoms with Gasteiger partial charge in [0.15, 0.2) is 0 Å². The van der Waals surface area contributed by atoms with Crippen LogP contribution in [0.1, 0.15) is 24.1 Å². The van der Waals surface area contributed by atoms with E-state index >= 15 is 0 Å². The molecule has 0 amide bonds. The molecule has 3 rings (SSSR count). The number of pyridine rings is 1. The Morgan fingerprint density at radius 2 is 2.00 bits per heavy atom. The lowest BCUT2D eigenvalue weighted by Gasteiger charge is -2.17. The van der Waals surface area contributed by atoms with Crippen LogP contribution in [0.25, 0.3) is 10.9 Å². The third kappa shape index (κ3) is 1.49. The Morgan fingerprint density at radius 1 is 1.19 bits per heavy atom. The van der Waals surface area contributed by atoms with E-state index < -0.39 is 0 Å². The molecule has 3 heteroatoms. The predicted octanol–water partition coefficient (Wildman–Crippen LogP) is 3.91. The summed E-state index contributed by atoms with van der Waals surface area (Å²) in [6.45, 7) is 0. The van der Waals surface area contributed by atoms with Crippen LogP contribution in [0.4, 0.5) is 4.39 Å². The van der Waals surface area contributed by atoms with Crippen molar-refractivity contribution in [3.8, 4) is 0 Å². The number of nitrogens with zero attached hydrogens (tertiary/aromatic N) is 1. The lowest BCUT2D eigenvalue weighted by Crippen LogP contribution is -2.06. The zero-order valence-electron chi connectivity index (χ0n) is 8.76. The first-order chi connectivity index (χ1) is 7.75. The van der Waals surface area contributed by atoms with Gasteiger partial charge >= 0.3 is 0 Å². The first-order valence-corrected chi connectivity index (χ1v) is 5.90. The average Bonchev–Trinajstić information content (AvgIpc) is 2.31. The van der Waals surface area contributed by atoms with Gasteiger partial charge in [-0.15, -0.1) is 0 Å². The Morgan fingerprint density at radius 3 is 2.88 bits per heavy atom. The molecule has 82 valence electrons. The molecule has 0 saturated heterocycles. The summed E-state index contributed by atoms with van der Waals surface area (Å²) in [5.74, 6) is -0.257. The molecule has 0 spiro atoms. The minimum Gasteiger partial charge on any atom is -0.252 e. The third-order valence-corrected chi connectivity index (χ3v) is 3.59. The topological polar surface area (TPSA) is 12.9 Å². The molecule has 16 heavy (non-hydrogen) atoms. The Labute approximate surface area is 98.3 Å². The molecule has 0 N–H and O–H groups in total. The number of aryl methyl sites for hydroxylation is 1. The maximum Gasteiger partial charge on any atom is 0.124 e. The molecule has 0 aliphatic heterocycles. The Bertz CT molecular complexity index is 565. The first kappa shape index (κ1) is 10.0. The fraction of sp³-hybridized carbons (Fsp3) is 0.308. The van der Waals surface area contributed by atoms with Gasteiger partial charge in [-0.3, -0.25) is 4.98 Å². The van der Waals surface area contributed by atoms with E-state index in [1.807, 2.05) is 0 Å². The highest BCUT2D eigenvalue weighted by Gasteiger charge is 2.16. The number of fused-ring (bicyclic) bond motifs is 2. The summed E-state index contributed by atoms with van der Waals surface area (Å²) in [6, 6.07) is 4.60. The summed E-state index contributed by atoms with van der Waals surface area (Å²) in [6.07, 6.45) is 4.27. The highest BCUT2D eigenvalue weighted by atomic mass is 35.5. The van der Waals surface area contributed by atoms with Crippen LogP contribution >= 0.6 is 11.6 Å². The van der Waals surface area contributed by atoms with Crippen molar-refractivity contribution in [2.75, 3.05) is 0 Å². The van der Waals surface area contributed by atoms with Crippen LogP contribution in [-0.4, -0.2) is 4.98 Å². The lowest BCUT2D eigenvalue weighted by atomic mass is 9.94. The Hall–Kier alpha value is -1.15. The van der Waals surface area contributed by atoms with Crippen LogP contribution in [-0.2, 0) is 12.8 Å². The van der Waals surface area contributed by atoms with E-state index in [4.69, 9.17) is 11.6 Å². The van der Waals surface area contributed by atoms with Gasteiger partial charge in [0.05, 0.1) is 10.5 Å². The molecule has 0 fully saturated rings. The standard InChI is InChI=1S/C13H11ClFN/c14-13-9-3-1-2-4-11(9)16-12-6-5-8(15)7-10(12)13/h5-7H,1-4H2. The van der Waals surface area contributed by atoms with Crippen LogP contribution in [0, 0.1) is 5.82 Å². The molecule has 1 aliphatic carbocycles. The van der Waals surface area contributed by atoms with Crippen molar-refractivity contribution in [1.29, 1.82) is 0 Å². The first-order valence-electron chi connectivity index (χ1n) is 5.52. The quantitative estimate of drug-likeness (QED) is 0.675. The number of aromatic nitrogens is 1. The maximum atomic E-state index is 13.2. The molecular weight excluding hydrogens is 225 g/mol. The van der Waals surface area contributed by atoms with Gasteiger partial charge in [0.25, 0.3) is 0 Å². The number of hydrogen-bond acceptors (Lipinski definition) is 1. The summed E-state index contributed by atoms with van der Waals surface area (Å²) in [5.41, 5.74) is 3.01. The molecule has 1 aromatic heterocycles. The van der Waals surface area contributed by atoms with E-state index in [9.17, 15) is 4.39 Å². The SMILES string of the molecule is Fc1ccc2nc3c(c(Cl)c2c1)CCCC3. The summed E-state index contributed by atoms with van der Waals surface area (Å²) in [5, 5.41) is 1.43. The van der Waals surface area contributed by atoms with Gasteiger partial charge in [0.1, 0.15) is 5.82 Å². The van der Waals surface area contributed by atoms with Crippen molar-refractivity contribution in [2.45, 2.75) is 25.7 Å². The number of hydrogen-bond donors (Lipinski definition) is 0. The van der Waals surface area contributed by atoms with E-state index in [1.165, 1.54) is 18.6 Å². The average molecular weight is 236 g/mol. The molecule has 1 aromatic carbocycles. The van der Waals surface area contributed by atoms with Crippen molar-refractivity contribution in [3.63, 3.8) is 0 Å². The zero-order chi connectivity index (χ0) is 11.1. The Kier molecular flexibility index (Phi) is 2.32. The smallest absolute Gasteiger partial charge is 0.124 e. The van der Waals surface area contributed by atoms with E-state index in [0.717, 1.165) is 41.4 Å². The van der Waals surface area contributed by atoms with Gasteiger partial charge in [0, 0.05) is 11.1 Å². The van der Waals surface area contributed by atoms with Crippen LogP contribution in [0.2, 0.25) is 5.02 Å². The van der Waals surface area contributed by atoms with E-state index in [1.54, 1.807) is 6.07 Å². The molecule has 1 heterocycles. The van der Waals surface area contributed by atoms with Gasteiger partial charge in [-0.25, -0.2) is 4.39 Å². The largest absolute Gasteiger partial charge is 0.252 e. The second-order valence-electron chi connectivity index (χ2n) is 4.22. The highest BCUT2D eigenvalue weighted by molar-refractivity contribution is 6.36. The summed E-state index contributed by atoms with van der Waals surface area (Å²) >= 11 is 6.32. The Balaban J connectivity index is 2.35. The predicted molar refractivity (Wildman–Crippen MR) is 63.4 cm³/mol. The summed E-state index contributed by atoms with van der Waals surface area (Å²) < 4.78 is 13.2. The van der Waals surface area contributed by atoms with Crippen LogP contribution < -0.4 is 0 Å². The van der Waals surface area contributed by atoms with E-state index in [0.29, 0.717) is 5.02 Å². The minimum atomic E-state index is -0.257. The molecule has 1 nitrogen and oxygen atoms in total. The zero-order valence-corrected chi connectivity index (χ0v) is 9.52. The van der Waals surface area contributed by atoms with Gasteiger partial charge in [-0.1, -0.05) is 11.6 Å². The van der Waals surface area contributed by atoms with Crippen molar-refractivity contribution in [1.82, 2.24) is 4.98 Å². The van der Waals surface area contributed by atoms with Crippen molar-refractivity contribution >= 4 is 22.5 Å². The third-order valence-electron chi connectivity index (χ3n) is 3.15. The normalized spacial score (nSPS) is 15.1. The second-order valence-corrected chi connectivity index (χ2v) is 4.60. The second kappa shape index (κ2) is 3.70. The van der Waals surface area contributed by atoms with Gasteiger partial charge in [-0.2, -0.15) is 0 Å². The van der Waals surface area contributed by atoms with Crippen molar-refractivity contribution in [3.05, 3.63) is 40.3 Å². The van der Waals surface area contributed by atoms with Crippen LogP contribution in [0.15, 0.2) is 18.2 Å². The van der Waals surface area contributed by atoms with Gasteiger partial charge in [-0.05, 0) is 49.4 Å². The summed E-state index contributed by atoms with van der Waals surface area (Å²) in [4.78, 5) is 4.57. The molecule has 0 saturated carbocycles. The number of rotatable bonds is 0. The molecular formula is C13H11ClFN. The number of halogens is 2. The summed E-state index contributed by atoms with van der Waals surface area (Å²) in [7, 11) is 0. The van der Waals surface area contributed by atoms with Gasteiger partial charge < -0.3 is 0 Å². The molecule has 1 aliphatic rings. The van der Waals surface area contributed by atoms with Gasteiger partial charge in [0.2, 0.25) is 0 Å². The van der Waals surface area contributed by atoms with E-state index in [2.05, 4.69) is 4.98 Å². The van der Waals surface area contributed by atoms with Crippen molar-refractivity contribution in [2.24, 2.45) is 0 Å². The van der Waals surface area contributed by atoms with E-state index in [-0.39, 0.29) is 5.82 Å². The van der Waals surface area contributed by atoms with Crippen molar-refractivity contribution < 1.29 is 4.39 Å². The number of benzene rings is 1. The molecule has 0 bridgehead atoms. The van der Waals surface area contributed by atoms with Crippen LogP contribution in [0.3, 0.4) is 0 Å².